The number of anilines is 1. The molecule has 0 radical (unpaired) electrons. The van der Waals surface area contributed by atoms with Crippen molar-refractivity contribution in [3.8, 4) is 24.2 Å². The molecule has 7 heteroatoms. The lowest BCUT2D eigenvalue weighted by molar-refractivity contribution is -0.384. The number of non-ortho nitro benzene ring substituents is 1. The average molecular weight is 347 g/mol. The van der Waals surface area contributed by atoms with E-state index in [1.807, 2.05) is 6.07 Å². The third-order valence-corrected chi connectivity index (χ3v) is 3.21. The van der Waals surface area contributed by atoms with Gasteiger partial charge in [-0.15, -0.1) is 6.42 Å². The Labute approximate surface area is 149 Å². The minimum Gasteiger partial charge on any atom is -0.480 e. The number of terminal acetylenes is 1. The van der Waals surface area contributed by atoms with E-state index in [1.54, 1.807) is 24.3 Å². The monoisotopic (exact) mass is 347 g/mol. The summed E-state index contributed by atoms with van der Waals surface area (Å²) in [6, 6.07) is 14.0. The fourth-order valence-corrected chi connectivity index (χ4v) is 2.05. The van der Waals surface area contributed by atoms with Gasteiger partial charge in [0.2, 0.25) is 0 Å². The van der Waals surface area contributed by atoms with Gasteiger partial charge in [0.05, 0.1) is 4.92 Å². The molecule has 0 saturated carbocycles. The summed E-state index contributed by atoms with van der Waals surface area (Å²) < 4.78 is 5.38. The number of nitriles is 1. The molecule has 7 nitrogen and oxygen atoms in total. The predicted molar refractivity (Wildman–Crippen MR) is 96.1 cm³/mol. The van der Waals surface area contributed by atoms with Crippen LogP contribution in [0.1, 0.15) is 5.56 Å². The lowest BCUT2D eigenvalue weighted by atomic mass is 10.1. The van der Waals surface area contributed by atoms with Gasteiger partial charge in [-0.3, -0.25) is 14.9 Å². The normalized spacial score (nSPS) is 10.3. The molecule has 0 fully saturated rings. The quantitative estimate of drug-likeness (QED) is 0.284. The number of nitro benzene ring substituents is 1. The van der Waals surface area contributed by atoms with Crippen LogP contribution in [0.15, 0.2) is 54.1 Å². The number of nitrogens with zero attached hydrogens (tertiary/aromatic N) is 2. The molecule has 0 atom stereocenters. The van der Waals surface area contributed by atoms with E-state index in [0.717, 1.165) is 0 Å². The first-order valence-electron chi connectivity index (χ1n) is 7.38. The van der Waals surface area contributed by atoms with Gasteiger partial charge in [-0.25, -0.2) is 0 Å². The Hall–Kier alpha value is -4.10. The van der Waals surface area contributed by atoms with Crippen molar-refractivity contribution in [2.24, 2.45) is 0 Å². The second-order valence-electron chi connectivity index (χ2n) is 4.96. The predicted octanol–water partition coefficient (Wildman–Crippen LogP) is 3.15. The molecule has 1 N–H and O–H groups in total. The smallest absolute Gasteiger partial charge is 0.271 e. The van der Waals surface area contributed by atoms with E-state index in [9.17, 15) is 20.2 Å². The largest absolute Gasteiger partial charge is 0.480 e. The first-order chi connectivity index (χ1) is 12.5. The van der Waals surface area contributed by atoms with Gasteiger partial charge in [0, 0.05) is 23.4 Å². The van der Waals surface area contributed by atoms with Crippen LogP contribution in [0.2, 0.25) is 0 Å². The number of nitro groups is 1. The number of benzene rings is 2. The zero-order valence-corrected chi connectivity index (χ0v) is 13.5. The van der Waals surface area contributed by atoms with Crippen LogP contribution in [0.5, 0.6) is 5.75 Å². The molecule has 0 aliphatic rings. The Morgan fingerprint density at radius 2 is 2.08 bits per heavy atom. The SMILES string of the molecule is C#CCOc1ccccc1/C=C(\C#N)C(=O)Nc1cccc([N+](=O)[O-])c1. The standard InChI is InChI=1S/C19H13N3O4/c1-2-10-26-18-9-4-3-6-14(18)11-15(13-20)19(23)21-16-7-5-8-17(12-16)22(24)25/h1,3-9,11-12H,10H2,(H,21,23)/b15-11+. The summed E-state index contributed by atoms with van der Waals surface area (Å²) in [4.78, 5) is 22.5. The fourth-order valence-electron chi connectivity index (χ4n) is 2.05. The molecule has 0 bridgehead atoms. The highest BCUT2D eigenvalue weighted by molar-refractivity contribution is 6.09. The molecule has 0 heterocycles. The van der Waals surface area contributed by atoms with E-state index in [4.69, 9.17) is 11.2 Å². The number of hydrogen-bond donors (Lipinski definition) is 1. The number of ether oxygens (including phenoxy) is 1. The third kappa shape index (κ3) is 4.70. The molecule has 2 rings (SSSR count). The van der Waals surface area contributed by atoms with Crippen molar-refractivity contribution < 1.29 is 14.5 Å². The van der Waals surface area contributed by atoms with Gasteiger partial charge in [-0.1, -0.05) is 30.2 Å². The van der Waals surface area contributed by atoms with Crippen LogP contribution in [-0.2, 0) is 4.79 Å². The van der Waals surface area contributed by atoms with Gasteiger partial charge in [0.25, 0.3) is 11.6 Å². The lowest BCUT2D eigenvalue weighted by Gasteiger charge is -2.07. The van der Waals surface area contributed by atoms with Crippen molar-refractivity contribution >= 4 is 23.4 Å². The van der Waals surface area contributed by atoms with Crippen LogP contribution >= 0.6 is 0 Å². The van der Waals surface area contributed by atoms with Crippen molar-refractivity contribution in [2.75, 3.05) is 11.9 Å². The summed E-state index contributed by atoms with van der Waals surface area (Å²) in [5.41, 5.74) is 0.363. The second-order valence-corrected chi connectivity index (χ2v) is 4.96. The molecule has 0 aromatic heterocycles. The number of rotatable bonds is 6. The highest BCUT2D eigenvalue weighted by atomic mass is 16.6. The number of carbonyl (C=O) groups is 1. The molecule has 0 aliphatic carbocycles. The van der Waals surface area contributed by atoms with Gasteiger partial charge in [-0.05, 0) is 18.2 Å². The van der Waals surface area contributed by atoms with Crippen molar-refractivity contribution in [3.63, 3.8) is 0 Å². The van der Waals surface area contributed by atoms with Gasteiger partial charge in [0.15, 0.2) is 0 Å². The molecule has 128 valence electrons. The van der Waals surface area contributed by atoms with E-state index >= 15 is 0 Å². The minimum atomic E-state index is -0.695. The van der Waals surface area contributed by atoms with Crippen molar-refractivity contribution in [1.82, 2.24) is 0 Å². The Morgan fingerprint density at radius 3 is 2.77 bits per heavy atom. The Balaban J connectivity index is 2.26. The lowest BCUT2D eigenvalue weighted by Crippen LogP contribution is -2.13. The Kier molecular flexibility index (Phi) is 6.08. The van der Waals surface area contributed by atoms with E-state index in [2.05, 4.69) is 11.2 Å². The molecule has 26 heavy (non-hydrogen) atoms. The van der Waals surface area contributed by atoms with Crippen LogP contribution in [0.25, 0.3) is 6.08 Å². The number of para-hydroxylation sites is 1. The first-order valence-corrected chi connectivity index (χ1v) is 7.38. The van der Waals surface area contributed by atoms with Gasteiger partial charge in [-0.2, -0.15) is 5.26 Å². The summed E-state index contributed by atoms with van der Waals surface area (Å²) >= 11 is 0. The molecular weight excluding hydrogens is 334 g/mol. The maximum Gasteiger partial charge on any atom is 0.271 e. The minimum absolute atomic E-state index is 0.0482. The van der Waals surface area contributed by atoms with Gasteiger partial charge < -0.3 is 10.1 Å². The number of carbonyl (C=O) groups excluding carboxylic acids is 1. The van der Waals surface area contributed by atoms with Crippen molar-refractivity contribution in [3.05, 3.63) is 69.8 Å². The van der Waals surface area contributed by atoms with Gasteiger partial charge in [0.1, 0.15) is 24.0 Å². The second kappa shape index (κ2) is 8.67. The van der Waals surface area contributed by atoms with Crippen LogP contribution in [0, 0.1) is 33.8 Å². The summed E-state index contributed by atoms with van der Waals surface area (Å²) in [5.74, 6) is 2.08. The molecule has 2 aromatic carbocycles. The van der Waals surface area contributed by atoms with Crippen LogP contribution in [0.3, 0.4) is 0 Å². The Morgan fingerprint density at radius 1 is 1.31 bits per heavy atom. The van der Waals surface area contributed by atoms with E-state index in [-0.39, 0.29) is 23.6 Å². The zero-order chi connectivity index (χ0) is 18.9. The topological polar surface area (TPSA) is 105 Å². The van der Waals surface area contributed by atoms with Crippen molar-refractivity contribution in [2.45, 2.75) is 0 Å². The Bertz CT molecular complexity index is 952. The molecule has 0 aliphatic heterocycles. The average Bonchev–Trinajstić information content (AvgIpc) is 2.65. The van der Waals surface area contributed by atoms with Crippen LogP contribution in [-0.4, -0.2) is 17.4 Å². The van der Waals surface area contributed by atoms with E-state index in [1.165, 1.54) is 30.3 Å². The maximum absolute atomic E-state index is 12.3. The molecule has 0 spiro atoms. The molecule has 1 amide bonds. The highest BCUT2D eigenvalue weighted by Gasteiger charge is 2.13. The number of amides is 1. The van der Waals surface area contributed by atoms with Gasteiger partial charge >= 0.3 is 0 Å². The maximum atomic E-state index is 12.3. The molecule has 0 saturated heterocycles. The van der Waals surface area contributed by atoms with E-state index in [0.29, 0.717) is 11.3 Å². The summed E-state index contributed by atoms with van der Waals surface area (Å²) in [6.45, 7) is 0.0482. The number of nitrogens with one attached hydrogen (secondary N) is 1. The molecule has 2 aromatic rings. The molecule has 0 unspecified atom stereocenters. The summed E-state index contributed by atoms with van der Waals surface area (Å²) in [6.07, 6.45) is 6.53. The number of hydrogen-bond acceptors (Lipinski definition) is 5. The van der Waals surface area contributed by atoms with E-state index < -0.39 is 10.8 Å². The fraction of sp³-hybridized carbons (Fsp3) is 0.0526. The summed E-state index contributed by atoms with van der Waals surface area (Å²) in [7, 11) is 0. The zero-order valence-electron chi connectivity index (χ0n) is 13.5. The van der Waals surface area contributed by atoms with Crippen molar-refractivity contribution in [1.29, 1.82) is 5.26 Å². The van der Waals surface area contributed by atoms with Crippen LogP contribution < -0.4 is 10.1 Å². The highest BCUT2D eigenvalue weighted by Crippen LogP contribution is 2.22. The first kappa shape index (κ1) is 18.2. The third-order valence-electron chi connectivity index (χ3n) is 3.21. The summed E-state index contributed by atoms with van der Waals surface area (Å²) in [5, 5.41) is 22.5. The molecular formula is C19H13N3O4. The van der Waals surface area contributed by atoms with Crippen LogP contribution in [0.4, 0.5) is 11.4 Å².